The first-order chi connectivity index (χ1) is 15.8. The fraction of sp³-hybridized carbons (Fsp3) is 0.0435. The number of hydrogen-bond acceptors (Lipinski definition) is 10. The molecule has 4 aromatic rings. The van der Waals surface area contributed by atoms with Gasteiger partial charge in [0.1, 0.15) is 23.0 Å². The van der Waals surface area contributed by atoms with E-state index in [2.05, 4.69) is 25.0 Å². The van der Waals surface area contributed by atoms with Crippen molar-refractivity contribution in [1.29, 1.82) is 0 Å². The van der Waals surface area contributed by atoms with Crippen LogP contribution in [0.4, 0.5) is 11.6 Å². The average molecular weight is 446 g/mol. The van der Waals surface area contributed by atoms with Crippen LogP contribution >= 0.6 is 0 Å². The number of phenols is 4. The molecule has 166 valence electrons. The van der Waals surface area contributed by atoms with E-state index in [1.165, 1.54) is 31.4 Å². The van der Waals surface area contributed by atoms with Crippen LogP contribution < -0.4 is 5.32 Å². The van der Waals surface area contributed by atoms with Gasteiger partial charge in [0, 0.05) is 17.8 Å². The minimum Gasteiger partial charge on any atom is -0.508 e. The number of carbonyl (C=O) groups is 1. The standard InChI is InChI=1S/C23H18N4O6/c1-33-22(32)12-2-4-13(5-3-12)24-23-26-20(16-8-6-14(28)10-18(16)30)25-21(27-23)17-9-7-15(29)11-19(17)31/h2-11,28-31H,1H3,(H,24,25,26,27). The van der Waals surface area contributed by atoms with Crippen molar-refractivity contribution in [2.45, 2.75) is 0 Å². The van der Waals surface area contributed by atoms with Crippen molar-refractivity contribution in [2.24, 2.45) is 0 Å². The number of phenolic OH excluding ortho intramolecular Hbond substituents is 4. The Balaban J connectivity index is 1.79. The van der Waals surface area contributed by atoms with E-state index in [4.69, 9.17) is 0 Å². The smallest absolute Gasteiger partial charge is 0.337 e. The third-order valence-corrected chi connectivity index (χ3v) is 4.64. The highest BCUT2D eigenvalue weighted by molar-refractivity contribution is 5.89. The van der Waals surface area contributed by atoms with Gasteiger partial charge in [-0.25, -0.2) is 9.78 Å². The first-order valence-electron chi connectivity index (χ1n) is 9.60. The highest BCUT2D eigenvalue weighted by Crippen LogP contribution is 2.34. The lowest BCUT2D eigenvalue weighted by Gasteiger charge is -2.11. The summed E-state index contributed by atoms with van der Waals surface area (Å²) in [5, 5.41) is 42.7. The Bertz CT molecular complexity index is 1270. The van der Waals surface area contributed by atoms with Gasteiger partial charge in [-0.1, -0.05) is 0 Å². The maximum Gasteiger partial charge on any atom is 0.337 e. The van der Waals surface area contributed by atoms with E-state index in [9.17, 15) is 25.2 Å². The van der Waals surface area contributed by atoms with Crippen LogP contribution in [-0.2, 0) is 4.74 Å². The number of hydrogen-bond donors (Lipinski definition) is 5. The summed E-state index contributed by atoms with van der Waals surface area (Å²) in [5.74, 6) is -1.03. The summed E-state index contributed by atoms with van der Waals surface area (Å²) in [4.78, 5) is 24.7. The average Bonchev–Trinajstić information content (AvgIpc) is 2.79. The quantitative estimate of drug-likeness (QED) is 0.287. The van der Waals surface area contributed by atoms with Crippen LogP contribution in [-0.4, -0.2) is 48.5 Å². The SMILES string of the molecule is COC(=O)c1ccc(Nc2nc(-c3ccc(O)cc3O)nc(-c3ccc(O)cc3O)n2)cc1. The molecule has 1 aromatic heterocycles. The predicted molar refractivity (Wildman–Crippen MR) is 118 cm³/mol. The van der Waals surface area contributed by atoms with Crippen LogP contribution in [0.15, 0.2) is 60.7 Å². The monoisotopic (exact) mass is 446 g/mol. The van der Waals surface area contributed by atoms with E-state index in [0.717, 1.165) is 12.1 Å². The summed E-state index contributed by atoms with van der Waals surface area (Å²) < 4.78 is 4.69. The second-order valence-electron chi connectivity index (χ2n) is 6.90. The summed E-state index contributed by atoms with van der Waals surface area (Å²) in [6, 6.07) is 14.3. The van der Waals surface area contributed by atoms with Crippen molar-refractivity contribution in [1.82, 2.24) is 15.0 Å². The molecule has 0 amide bonds. The minimum atomic E-state index is -0.475. The zero-order valence-corrected chi connectivity index (χ0v) is 17.2. The summed E-state index contributed by atoms with van der Waals surface area (Å²) in [5.41, 5.74) is 1.36. The molecule has 5 N–H and O–H groups in total. The van der Waals surface area contributed by atoms with Crippen molar-refractivity contribution < 1.29 is 30.0 Å². The maximum absolute atomic E-state index is 11.6. The Morgan fingerprint density at radius 2 is 1.27 bits per heavy atom. The van der Waals surface area contributed by atoms with Gasteiger partial charge in [0.25, 0.3) is 0 Å². The Morgan fingerprint density at radius 1 is 0.758 bits per heavy atom. The number of benzene rings is 3. The largest absolute Gasteiger partial charge is 0.508 e. The number of methoxy groups -OCH3 is 1. The maximum atomic E-state index is 11.6. The Morgan fingerprint density at radius 3 is 1.73 bits per heavy atom. The molecule has 4 rings (SSSR count). The second kappa shape index (κ2) is 8.71. The third-order valence-electron chi connectivity index (χ3n) is 4.64. The molecular weight excluding hydrogens is 428 g/mol. The van der Waals surface area contributed by atoms with E-state index in [1.807, 2.05) is 0 Å². The van der Waals surface area contributed by atoms with Gasteiger partial charge in [0.15, 0.2) is 11.6 Å². The molecule has 0 radical (unpaired) electrons. The first-order valence-corrected chi connectivity index (χ1v) is 9.60. The molecule has 0 aliphatic rings. The molecule has 10 nitrogen and oxygen atoms in total. The van der Waals surface area contributed by atoms with Gasteiger partial charge < -0.3 is 30.5 Å². The zero-order chi connectivity index (χ0) is 23.5. The third kappa shape index (κ3) is 4.59. The van der Waals surface area contributed by atoms with E-state index < -0.39 is 5.97 Å². The van der Waals surface area contributed by atoms with Crippen LogP contribution in [0.5, 0.6) is 23.0 Å². The van der Waals surface area contributed by atoms with Crippen molar-refractivity contribution in [2.75, 3.05) is 12.4 Å². The lowest BCUT2D eigenvalue weighted by Crippen LogP contribution is -2.04. The van der Waals surface area contributed by atoms with Crippen molar-refractivity contribution in [3.05, 3.63) is 66.2 Å². The first kappa shape index (κ1) is 21.4. The number of esters is 1. The van der Waals surface area contributed by atoms with Gasteiger partial charge in [0.2, 0.25) is 5.95 Å². The van der Waals surface area contributed by atoms with Gasteiger partial charge in [-0.05, 0) is 48.5 Å². The minimum absolute atomic E-state index is 0.0682. The van der Waals surface area contributed by atoms with Crippen molar-refractivity contribution in [3.63, 3.8) is 0 Å². The molecule has 0 saturated heterocycles. The number of carbonyl (C=O) groups excluding carboxylic acids is 1. The molecule has 0 spiro atoms. The molecule has 0 unspecified atom stereocenters. The second-order valence-corrected chi connectivity index (χ2v) is 6.90. The number of ether oxygens (including phenoxy) is 1. The van der Waals surface area contributed by atoms with Crippen LogP contribution in [0.2, 0.25) is 0 Å². The highest BCUT2D eigenvalue weighted by atomic mass is 16.5. The van der Waals surface area contributed by atoms with Crippen molar-refractivity contribution >= 4 is 17.6 Å². The number of aromatic hydroxyl groups is 4. The van der Waals surface area contributed by atoms with E-state index in [0.29, 0.717) is 11.3 Å². The summed E-state index contributed by atoms with van der Waals surface area (Å²) in [7, 11) is 1.29. The summed E-state index contributed by atoms with van der Waals surface area (Å²) in [6.07, 6.45) is 0. The molecule has 33 heavy (non-hydrogen) atoms. The Labute approximate surface area is 187 Å². The molecule has 0 aliphatic carbocycles. The molecule has 0 aliphatic heterocycles. The number of aromatic nitrogens is 3. The zero-order valence-electron chi connectivity index (χ0n) is 17.2. The molecule has 0 saturated carbocycles. The summed E-state index contributed by atoms with van der Waals surface area (Å²) >= 11 is 0. The lowest BCUT2D eigenvalue weighted by molar-refractivity contribution is 0.0600. The lowest BCUT2D eigenvalue weighted by atomic mass is 10.1. The van der Waals surface area contributed by atoms with Gasteiger partial charge in [0.05, 0.1) is 23.8 Å². The summed E-state index contributed by atoms with van der Waals surface area (Å²) in [6.45, 7) is 0. The van der Waals surface area contributed by atoms with Crippen molar-refractivity contribution in [3.8, 4) is 45.8 Å². The fourth-order valence-electron chi connectivity index (χ4n) is 3.03. The van der Waals surface area contributed by atoms with Crippen LogP contribution in [0.3, 0.4) is 0 Å². The molecule has 0 bridgehead atoms. The predicted octanol–water partition coefficient (Wildman–Crippen LogP) is 3.56. The topological polar surface area (TPSA) is 158 Å². The van der Waals surface area contributed by atoms with Crippen LogP contribution in [0.25, 0.3) is 22.8 Å². The van der Waals surface area contributed by atoms with E-state index in [1.54, 1.807) is 24.3 Å². The van der Waals surface area contributed by atoms with Crippen LogP contribution in [0, 0.1) is 0 Å². The van der Waals surface area contributed by atoms with Crippen LogP contribution in [0.1, 0.15) is 10.4 Å². The number of nitrogens with one attached hydrogen (secondary N) is 1. The van der Waals surface area contributed by atoms with Gasteiger partial charge in [-0.3, -0.25) is 0 Å². The molecule has 0 fully saturated rings. The molecule has 3 aromatic carbocycles. The molecule has 1 heterocycles. The van der Waals surface area contributed by atoms with E-state index in [-0.39, 0.29) is 51.7 Å². The Kier molecular flexibility index (Phi) is 5.64. The van der Waals surface area contributed by atoms with Gasteiger partial charge >= 0.3 is 5.97 Å². The number of anilines is 2. The van der Waals surface area contributed by atoms with E-state index >= 15 is 0 Å². The molecule has 0 atom stereocenters. The van der Waals surface area contributed by atoms with Gasteiger partial charge in [-0.2, -0.15) is 9.97 Å². The normalized spacial score (nSPS) is 10.6. The number of nitrogens with zero attached hydrogens (tertiary/aromatic N) is 3. The Hall–Kier alpha value is -4.86. The molecular formula is C23H18N4O6. The molecule has 10 heteroatoms. The number of rotatable bonds is 5. The van der Waals surface area contributed by atoms with Gasteiger partial charge in [-0.15, -0.1) is 0 Å². The highest BCUT2D eigenvalue weighted by Gasteiger charge is 2.16. The fourth-order valence-corrected chi connectivity index (χ4v) is 3.03.